The van der Waals surface area contributed by atoms with Crippen LogP contribution in [-0.4, -0.2) is 37.0 Å². The molecule has 1 saturated heterocycles. The van der Waals surface area contributed by atoms with Gasteiger partial charge in [0, 0.05) is 6.54 Å². The van der Waals surface area contributed by atoms with Crippen molar-refractivity contribution in [2.24, 2.45) is 5.92 Å². The van der Waals surface area contributed by atoms with Gasteiger partial charge in [0.05, 0.1) is 12.1 Å². The molecule has 1 aliphatic rings. The molecule has 0 radical (unpaired) electrons. The van der Waals surface area contributed by atoms with Crippen LogP contribution in [0.4, 0.5) is 0 Å². The molecule has 140 valence electrons. The van der Waals surface area contributed by atoms with Gasteiger partial charge in [-0.3, -0.25) is 4.79 Å². The number of sulfonamides is 1. The van der Waals surface area contributed by atoms with Crippen LogP contribution in [0.2, 0.25) is 0 Å². The van der Waals surface area contributed by atoms with Crippen LogP contribution in [0.3, 0.4) is 0 Å². The van der Waals surface area contributed by atoms with Gasteiger partial charge in [0.2, 0.25) is 15.9 Å². The number of carbonyl (C=O) groups excluding carboxylic acids is 1. The summed E-state index contributed by atoms with van der Waals surface area (Å²) >= 11 is 0. The first-order valence-electron chi connectivity index (χ1n) is 8.53. The average Bonchev–Trinajstić information content (AvgIpc) is 2.91. The van der Waals surface area contributed by atoms with Gasteiger partial charge >= 0.3 is 0 Å². The van der Waals surface area contributed by atoms with Crippen molar-refractivity contribution in [1.29, 1.82) is 0 Å². The van der Waals surface area contributed by atoms with E-state index in [0.717, 1.165) is 5.56 Å². The summed E-state index contributed by atoms with van der Waals surface area (Å²) in [5.41, 5.74) is 1.33. The van der Waals surface area contributed by atoms with Crippen LogP contribution in [0.15, 0.2) is 39.8 Å². The Labute approximate surface area is 153 Å². The van der Waals surface area contributed by atoms with E-state index in [1.807, 2.05) is 30.3 Å². The Morgan fingerprint density at radius 3 is 2.50 bits per heavy atom. The zero-order chi connectivity index (χ0) is 19.1. The largest absolute Gasteiger partial charge is 0.360 e. The highest BCUT2D eigenvalue weighted by molar-refractivity contribution is 7.89. The Balaban J connectivity index is 1.76. The first-order valence-corrected chi connectivity index (χ1v) is 10.0. The summed E-state index contributed by atoms with van der Waals surface area (Å²) in [4.78, 5) is 14.5. The molecule has 3 atom stereocenters. The van der Waals surface area contributed by atoms with Crippen molar-refractivity contribution < 1.29 is 17.7 Å². The molecule has 2 unspecified atom stereocenters. The highest BCUT2D eigenvalue weighted by atomic mass is 32.2. The predicted molar refractivity (Wildman–Crippen MR) is 95.8 cm³/mol. The van der Waals surface area contributed by atoms with Crippen LogP contribution in [0.5, 0.6) is 0 Å². The number of likely N-dealkylation sites (tertiary alicyclic amines) is 1. The molecule has 1 amide bonds. The van der Waals surface area contributed by atoms with Gasteiger partial charge in [0.15, 0.2) is 5.76 Å². The van der Waals surface area contributed by atoms with Crippen molar-refractivity contribution >= 4 is 15.9 Å². The quantitative estimate of drug-likeness (QED) is 0.862. The maximum absolute atomic E-state index is 12.8. The van der Waals surface area contributed by atoms with Crippen molar-refractivity contribution in [2.45, 2.75) is 44.7 Å². The van der Waals surface area contributed by atoms with Gasteiger partial charge in [-0.1, -0.05) is 42.4 Å². The molecule has 7 nitrogen and oxygen atoms in total. The van der Waals surface area contributed by atoms with Crippen LogP contribution in [0.1, 0.15) is 36.9 Å². The summed E-state index contributed by atoms with van der Waals surface area (Å²) in [7, 11) is -3.89. The molecule has 2 heterocycles. The summed E-state index contributed by atoms with van der Waals surface area (Å²) in [6.07, 6.45) is 0. The van der Waals surface area contributed by atoms with E-state index in [1.165, 1.54) is 6.92 Å². The van der Waals surface area contributed by atoms with Crippen LogP contribution < -0.4 is 4.72 Å². The van der Waals surface area contributed by atoms with Gasteiger partial charge in [0.25, 0.3) is 0 Å². The van der Waals surface area contributed by atoms with E-state index in [4.69, 9.17) is 4.52 Å². The summed E-state index contributed by atoms with van der Waals surface area (Å²) < 4.78 is 32.6. The molecule has 1 fully saturated rings. The van der Waals surface area contributed by atoms with Crippen LogP contribution in [-0.2, 0) is 14.8 Å². The number of aromatic nitrogens is 1. The highest BCUT2D eigenvalue weighted by Gasteiger charge is 2.42. The topological polar surface area (TPSA) is 92.5 Å². The minimum atomic E-state index is -3.89. The Hall–Kier alpha value is -2.19. The number of aryl methyl sites for hydroxylation is 2. The fourth-order valence-electron chi connectivity index (χ4n) is 3.53. The lowest BCUT2D eigenvalue weighted by molar-refractivity contribution is -0.145. The van der Waals surface area contributed by atoms with E-state index in [1.54, 1.807) is 18.7 Å². The summed E-state index contributed by atoms with van der Waals surface area (Å²) in [6, 6.07) is 8.86. The maximum Gasteiger partial charge on any atom is 0.246 e. The number of carbonyl (C=O) groups is 1. The van der Waals surface area contributed by atoms with Crippen molar-refractivity contribution in [1.82, 2.24) is 14.8 Å². The number of hydrogen-bond donors (Lipinski definition) is 1. The van der Waals surface area contributed by atoms with Gasteiger partial charge in [-0.2, -0.15) is 4.72 Å². The molecule has 0 spiro atoms. The van der Waals surface area contributed by atoms with Crippen molar-refractivity contribution in [3.05, 3.63) is 47.3 Å². The Morgan fingerprint density at radius 2 is 1.96 bits per heavy atom. The summed E-state index contributed by atoms with van der Waals surface area (Å²) in [5, 5.41) is 3.67. The first kappa shape index (κ1) is 18.6. The lowest BCUT2D eigenvalue weighted by Gasteiger charge is -2.48. The number of nitrogens with one attached hydrogen (secondary N) is 1. The first-order chi connectivity index (χ1) is 12.2. The van der Waals surface area contributed by atoms with Gasteiger partial charge in [-0.25, -0.2) is 8.42 Å². The Morgan fingerprint density at radius 1 is 1.31 bits per heavy atom. The van der Waals surface area contributed by atoms with Gasteiger partial charge in [-0.05, 0) is 32.3 Å². The predicted octanol–water partition coefficient (Wildman–Crippen LogP) is 2.18. The van der Waals surface area contributed by atoms with Gasteiger partial charge < -0.3 is 9.42 Å². The molecular formula is C18H23N3O4S. The second-order valence-corrected chi connectivity index (χ2v) is 8.47. The molecule has 3 rings (SSSR count). The number of nitrogens with zero attached hydrogens (tertiary/aromatic N) is 2. The Kier molecular flexibility index (Phi) is 4.90. The molecule has 1 N–H and O–H groups in total. The van der Waals surface area contributed by atoms with Crippen LogP contribution in [0, 0.1) is 19.8 Å². The third-order valence-electron chi connectivity index (χ3n) is 4.72. The lowest BCUT2D eigenvalue weighted by Crippen LogP contribution is -2.57. The number of hydrogen-bond acceptors (Lipinski definition) is 5. The normalized spacial score (nSPS) is 21.3. The van der Waals surface area contributed by atoms with Crippen molar-refractivity contribution in [3.63, 3.8) is 0 Å². The monoisotopic (exact) mass is 377 g/mol. The highest BCUT2D eigenvalue weighted by Crippen LogP contribution is 2.38. The number of amides is 1. The molecule has 2 aromatic rings. The molecule has 26 heavy (non-hydrogen) atoms. The summed E-state index contributed by atoms with van der Waals surface area (Å²) in [6.45, 7) is 7.34. The van der Waals surface area contributed by atoms with Crippen molar-refractivity contribution in [3.8, 4) is 0 Å². The SMILES string of the molecule is Cc1noc(C)c1S(=O)(=O)N[C@@H](C)C(=O)N1CC(C)C1c1ccccc1. The molecule has 1 aromatic heterocycles. The van der Waals surface area contributed by atoms with E-state index in [2.05, 4.69) is 16.8 Å². The van der Waals surface area contributed by atoms with Crippen LogP contribution in [0.25, 0.3) is 0 Å². The molecular weight excluding hydrogens is 354 g/mol. The molecule has 0 aliphatic carbocycles. The van der Waals surface area contributed by atoms with E-state index in [9.17, 15) is 13.2 Å². The fraction of sp³-hybridized carbons (Fsp3) is 0.444. The van der Waals surface area contributed by atoms with E-state index < -0.39 is 16.1 Å². The number of rotatable bonds is 5. The zero-order valence-corrected chi connectivity index (χ0v) is 16.1. The molecule has 0 bridgehead atoms. The second kappa shape index (κ2) is 6.85. The minimum absolute atomic E-state index is 0.00580. The molecule has 0 saturated carbocycles. The lowest BCUT2D eigenvalue weighted by atomic mass is 9.84. The van der Waals surface area contributed by atoms with Gasteiger partial charge in [0.1, 0.15) is 10.6 Å². The smallest absolute Gasteiger partial charge is 0.246 e. The molecule has 1 aliphatic heterocycles. The molecule has 8 heteroatoms. The molecule has 1 aromatic carbocycles. The zero-order valence-electron chi connectivity index (χ0n) is 15.3. The maximum atomic E-state index is 12.8. The Bertz CT molecular complexity index is 888. The minimum Gasteiger partial charge on any atom is -0.360 e. The second-order valence-electron chi connectivity index (χ2n) is 6.82. The van der Waals surface area contributed by atoms with E-state index in [-0.39, 0.29) is 28.3 Å². The van der Waals surface area contributed by atoms with Gasteiger partial charge in [-0.15, -0.1) is 0 Å². The average molecular weight is 377 g/mol. The van der Waals surface area contributed by atoms with E-state index in [0.29, 0.717) is 12.5 Å². The third kappa shape index (κ3) is 3.26. The van der Waals surface area contributed by atoms with Crippen molar-refractivity contribution in [2.75, 3.05) is 6.54 Å². The number of benzene rings is 1. The fourth-order valence-corrected chi connectivity index (χ4v) is 5.05. The van der Waals surface area contributed by atoms with E-state index >= 15 is 0 Å². The van der Waals surface area contributed by atoms with Crippen LogP contribution >= 0.6 is 0 Å². The third-order valence-corrected chi connectivity index (χ3v) is 6.51. The summed E-state index contributed by atoms with van der Waals surface area (Å²) in [5.74, 6) is 0.286. The standard InChI is InChI=1S/C18H23N3O4S/c1-11-10-21(16(11)15-8-6-5-7-9-15)18(22)13(3)20-26(23,24)17-12(2)19-25-14(17)4/h5-9,11,13,16,20H,10H2,1-4H3/t11?,13-,16?/m0/s1.